The molecule has 0 aliphatic heterocycles. The van der Waals surface area contributed by atoms with Crippen molar-refractivity contribution >= 4 is 0 Å². The first-order valence-electron chi connectivity index (χ1n) is 5.24. The lowest BCUT2D eigenvalue weighted by molar-refractivity contribution is 0.116. The zero-order valence-corrected chi connectivity index (χ0v) is 9.97. The van der Waals surface area contributed by atoms with Gasteiger partial charge < -0.3 is 19.7 Å². The van der Waals surface area contributed by atoms with Gasteiger partial charge in [-0.1, -0.05) is 5.16 Å². The molecule has 2 N–H and O–H groups in total. The second kappa shape index (κ2) is 6.57. The van der Waals surface area contributed by atoms with Gasteiger partial charge in [-0.15, -0.1) is 0 Å². The molecule has 1 aromatic rings. The van der Waals surface area contributed by atoms with Gasteiger partial charge in [0.05, 0.1) is 12.7 Å². The summed E-state index contributed by atoms with van der Waals surface area (Å²) in [5, 5.41) is 3.85. The van der Waals surface area contributed by atoms with Crippen LogP contribution in [0.2, 0.25) is 0 Å². The minimum absolute atomic E-state index is 0.0816. The number of methoxy groups -OCH3 is 2. The quantitative estimate of drug-likeness (QED) is 0.717. The molecule has 0 radical (unpaired) electrons. The van der Waals surface area contributed by atoms with Gasteiger partial charge in [-0.3, -0.25) is 0 Å². The fourth-order valence-corrected chi connectivity index (χ4v) is 1.29. The van der Waals surface area contributed by atoms with Gasteiger partial charge in [0.2, 0.25) is 5.89 Å². The summed E-state index contributed by atoms with van der Waals surface area (Å²) in [6.45, 7) is 2.43. The zero-order valence-electron chi connectivity index (χ0n) is 9.97. The Hall–Kier alpha value is -0.980. The van der Waals surface area contributed by atoms with Crippen molar-refractivity contribution in [2.75, 3.05) is 20.8 Å². The largest absolute Gasteiger partial charge is 0.383 e. The average molecular weight is 229 g/mol. The average Bonchev–Trinajstić information content (AvgIpc) is 2.65. The van der Waals surface area contributed by atoms with Gasteiger partial charge in [0, 0.05) is 33.1 Å². The van der Waals surface area contributed by atoms with Gasteiger partial charge in [0.15, 0.2) is 5.82 Å². The molecule has 1 aromatic heterocycles. The Bertz CT molecular complexity index is 303. The van der Waals surface area contributed by atoms with Gasteiger partial charge in [0.25, 0.3) is 0 Å². The van der Waals surface area contributed by atoms with Crippen LogP contribution in [0, 0.1) is 0 Å². The van der Waals surface area contributed by atoms with E-state index in [0.29, 0.717) is 31.2 Å². The van der Waals surface area contributed by atoms with Gasteiger partial charge in [-0.2, -0.15) is 4.98 Å². The smallest absolute Gasteiger partial charge is 0.228 e. The Balaban J connectivity index is 2.44. The molecule has 0 saturated carbocycles. The highest BCUT2D eigenvalue weighted by Crippen LogP contribution is 2.04. The number of nitrogens with two attached hydrogens (primary N) is 1. The lowest BCUT2D eigenvalue weighted by atomic mass is 10.2. The fourth-order valence-electron chi connectivity index (χ4n) is 1.29. The van der Waals surface area contributed by atoms with Crippen LogP contribution in [0.4, 0.5) is 0 Å². The van der Waals surface area contributed by atoms with Crippen molar-refractivity contribution in [1.29, 1.82) is 0 Å². The molecule has 0 saturated heterocycles. The Kier molecular flexibility index (Phi) is 5.37. The summed E-state index contributed by atoms with van der Waals surface area (Å²) < 4.78 is 15.1. The minimum atomic E-state index is -0.113. The Morgan fingerprint density at radius 3 is 2.75 bits per heavy atom. The molecule has 0 amide bonds. The predicted octanol–water partition coefficient (Wildman–Crippen LogP) is 0.163. The third-order valence-electron chi connectivity index (χ3n) is 2.20. The molecule has 1 rings (SSSR count). The summed E-state index contributed by atoms with van der Waals surface area (Å²) in [5.74, 6) is 1.19. The molecule has 0 bridgehead atoms. The van der Waals surface area contributed by atoms with Crippen molar-refractivity contribution in [3.63, 3.8) is 0 Å². The SMILES string of the molecule is COCC(N)Cc1nc(CC(C)OC)no1. The first-order valence-corrected chi connectivity index (χ1v) is 5.24. The van der Waals surface area contributed by atoms with E-state index in [1.165, 1.54) is 0 Å². The van der Waals surface area contributed by atoms with Crippen molar-refractivity contribution in [2.45, 2.75) is 31.9 Å². The molecule has 16 heavy (non-hydrogen) atoms. The van der Waals surface area contributed by atoms with Gasteiger partial charge >= 0.3 is 0 Å². The van der Waals surface area contributed by atoms with Crippen molar-refractivity contribution in [3.8, 4) is 0 Å². The Labute approximate surface area is 95.1 Å². The molecule has 0 spiro atoms. The number of ether oxygens (including phenoxy) is 2. The lowest BCUT2D eigenvalue weighted by Gasteiger charge is -2.06. The zero-order chi connectivity index (χ0) is 12.0. The van der Waals surface area contributed by atoms with Crippen molar-refractivity contribution in [2.24, 2.45) is 5.73 Å². The molecule has 0 aromatic carbocycles. The molecule has 0 fully saturated rings. The van der Waals surface area contributed by atoms with E-state index < -0.39 is 0 Å². The van der Waals surface area contributed by atoms with Crippen LogP contribution < -0.4 is 5.73 Å². The maximum Gasteiger partial charge on any atom is 0.228 e. The summed E-state index contributed by atoms with van der Waals surface area (Å²) in [7, 11) is 3.26. The van der Waals surface area contributed by atoms with Gasteiger partial charge in [-0.25, -0.2) is 0 Å². The molecular formula is C10H19N3O3. The summed E-state index contributed by atoms with van der Waals surface area (Å²) in [6, 6.07) is -0.113. The van der Waals surface area contributed by atoms with Crippen molar-refractivity contribution in [1.82, 2.24) is 10.1 Å². The van der Waals surface area contributed by atoms with E-state index in [9.17, 15) is 0 Å². The molecular weight excluding hydrogens is 210 g/mol. The topological polar surface area (TPSA) is 83.4 Å². The molecule has 1 heterocycles. The van der Waals surface area contributed by atoms with Gasteiger partial charge in [-0.05, 0) is 6.92 Å². The molecule has 6 nitrogen and oxygen atoms in total. The van der Waals surface area contributed by atoms with E-state index >= 15 is 0 Å². The second-order valence-corrected chi connectivity index (χ2v) is 3.77. The monoisotopic (exact) mass is 229 g/mol. The number of hydrogen-bond acceptors (Lipinski definition) is 6. The van der Waals surface area contributed by atoms with Crippen LogP contribution in [0.25, 0.3) is 0 Å². The maximum atomic E-state index is 5.78. The molecule has 92 valence electrons. The predicted molar refractivity (Wildman–Crippen MR) is 58.0 cm³/mol. The third-order valence-corrected chi connectivity index (χ3v) is 2.20. The molecule has 2 unspecified atom stereocenters. The number of hydrogen-bond donors (Lipinski definition) is 1. The summed E-state index contributed by atoms with van der Waals surface area (Å²) in [5.41, 5.74) is 5.78. The van der Waals surface area contributed by atoms with Crippen molar-refractivity contribution in [3.05, 3.63) is 11.7 Å². The number of rotatable bonds is 7. The maximum absolute atomic E-state index is 5.78. The van der Waals surface area contributed by atoms with Crippen LogP contribution in [-0.4, -0.2) is 43.1 Å². The van der Waals surface area contributed by atoms with Crippen LogP contribution >= 0.6 is 0 Å². The van der Waals surface area contributed by atoms with Crippen LogP contribution in [0.3, 0.4) is 0 Å². The number of nitrogens with zero attached hydrogens (tertiary/aromatic N) is 2. The van der Waals surface area contributed by atoms with Crippen LogP contribution in [0.1, 0.15) is 18.6 Å². The summed E-state index contributed by atoms with van der Waals surface area (Å²) >= 11 is 0. The van der Waals surface area contributed by atoms with E-state index in [1.54, 1.807) is 14.2 Å². The summed E-state index contributed by atoms with van der Waals surface area (Å²) in [4.78, 5) is 4.23. The fraction of sp³-hybridized carbons (Fsp3) is 0.800. The molecule has 2 atom stereocenters. The minimum Gasteiger partial charge on any atom is -0.383 e. The van der Waals surface area contributed by atoms with E-state index in [-0.39, 0.29) is 12.1 Å². The second-order valence-electron chi connectivity index (χ2n) is 3.77. The molecule has 0 aliphatic rings. The van der Waals surface area contributed by atoms with Crippen LogP contribution in [0.5, 0.6) is 0 Å². The highest BCUT2D eigenvalue weighted by atomic mass is 16.5. The van der Waals surface area contributed by atoms with E-state index in [4.69, 9.17) is 19.7 Å². The number of aromatic nitrogens is 2. The Morgan fingerprint density at radius 2 is 2.12 bits per heavy atom. The highest BCUT2D eigenvalue weighted by molar-refractivity contribution is 4.90. The van der Waals surface area contributed by atoms with Crippen molar-refractivity contribution < 1.29 is 14.0 Å². The summed E-state index contributed by atoms with van der Waals surface area (Å²) in [6.07, 6.45) is 1.25. The van der Waals surface area contributed by atoms with E-state index in [1.807, 2.05) is 6.92 Å². The van der Waals surface area contributed by atoms with Gasteiger partial charge in [0.1, 0.15) is 0 Å². The molecule has 0 aliphatic carbocycles. The van der Waals surface area contributed by atoms with Crippen LogP contribution in [-0.2, 0) is 22.3 Å². The van der Waals surface area contributed by atoms with Crippen LogP contribution in [0.15, 0.2) is 4.52 Å². The first kappa shape index (κ1) is 13.1. The normalized spacial score (nSPS) is 15.0. The van der Waals surface area contributed by atoms with E-state index in [2.05, 4.69) is 10.1 Å². The first-order chi connectivity index (χ1) is 7.65. The third kappa shape index (κ3) is 4.26. The molecule has 6 heteroatoms. The van der Waals surface area contributed by atoms with E-state index in [0.717, 1.165) is 0 Å². The standard InChI is InChI=1S/C10H19N3O3/c1-7(15-3)4-9-12-10(16-13-9)5-8(11)6-14-2/h7-8H,4-6,11H2,1-3H3. The highest BCUT2D eigenvalue weighted by Gasteiger charge is 2.12. The Morgan fingerprint density at radius 1 is 1.38 bits per heavy atom. The lowest BCUT2D eigenvalue weighted by Crippen LogP contribution is -2.28.